The maximum absolute atomic E-state index is 4.79. The van der Waals surface area contributed by atoms with E-state index in [-0.39, 0.29) is 0 Å². The van der Waals surface area contributed by atoms with Gasteiger partial charge in [-0.25, -0.2) is 9.97 Å². The number of nitrogens with zero attached hydrogens (tertiary/aromatic N) is 5. The van der Waals surface area contributed by atoms with E-state index in [2.05, 4.69) is 56.4 Å². The van der Waals surface area contributed by atoms with Gasteiger partial charge in [0.1, 0.15) is 0 Å². The van der Waals surface area contributed by atoms with E-state index in [4.69, 9.17) is 4.98 Å². The second kappa shape index (κ2) is 7.92. The molecule has 0 aliphatic rings. The number of aromatic nitrogens is 5. The van der Waals surface area contributed by atoms with Crippen molar-refractivity contribution in [3.05, 3.63) is 84.3 Å². The number of pyridine rings is 1. The molecule has 0 spiro atoms. The normalized spacial score (nSPS) is 10.6. The minimum absolute atomic E-state index is 0.509. The van der Waals surface area contributed by atoms with Crippen molar-refractivity contribution in [1.82, 2.24) is 24.9 Å². The van der Waals surface area contributed by atoms with Crippen LogP contribution in [0.1, 0.15) is 17.0 Å². The molecule has 0 fully saturated rings. The highest BCUT2D eigenvalue weighted by Gasteiger charge is 2.12. The summed E-state index contributed by atoms with van der Waals surface area (Å²) < 4.78 is 0. The zero-order chi connectivity index (χ0) is 19.3. The number of rotatable bonds is 5. The number of nitrogens with one attached hydrogen (secondary N) is 1. The minimum atomic E-state index is 0.509. The number of hydrogen-bond acceptors (Lipinski definition) is 6. The molecule has 0 atom stereocenters. The van der Waals surface area contributed by atoms with Crippen molar-refractivity contribution < 1.29 is 0 Å². The van der Waals surface area contributed by atoms with Crippen LogP contribution < -0.4 is 5.32 Å². The van der Waals surface area contributed by atoms with E-state index >= 15 is 0 Å². The summed E-state index contributed by atoms with van der Waals surface area (Å²) in [6.45, 7) is 4.50. The van der Waals surface area contributed by atoms with E-state index < -0.39 is 0 Å². The van der Waals surface area contributed by atoms with Crippen molar-refractivity contribution in [2.45, 2.75) is 20.4 Å². The van der Waals surface area contributed by atoms with Gasteiger partial charge in [-0.2, -0.15) is 0 Å². The molecule has 1 aromatic carbocycles. The molecule has 0 aliphatic carbocycles. The number of anilines is 1. The molecule has 0 radical (unpaired) electrons. The fourth-order valence-corrected chi connectivity index (χ4v) is 2.82. The Morgan fingerprint density at radius 2 is 1.57 bits per heavy atom. The second-order valence-electron chi connectivity index (χ2n) is 6.56. The Bertz CT molecular complexity index is 1060. The highest BCUT2D eigenvalue weighted by Crippen LogP contribution is 2.30. The lowest BCUT2D eigenvalue weighted by Crippen LogP contribution is -2.07. The van der Waals surface area contributed by atoms with Gasteiger partial charge < -0.3 is 5.32 Å². The van der Waals surface area contributed by atoms with Crippen molar-refractivity contribution in [3.63, 3.8) is 0 Å². The van der Waals surface area contributed by atoms with Crippen molar-refractivity contribution in [2.75, 3.05) is 5.32 Å². The van der Waals surface area contributed by atoms with Gasteiger partial charge >= 0.3 is 0 Å². The Hall–Kier alpha value is -3.67. The lowest BCUT2D eigenvalue weighted by atomic mass is 10.0. The van der Waals surface area contributed by atoms with Crippen LogP contribution in [0.3, 0.4) is 0 Å². The molecule has 28 heavy (non-hydrogen) atoms. The SMILES string of the molecule is Cc1ccc(-c2nc(NCc3cnc(C)cn3)ncc2-c2ccncc2)cc1. The molecule has 3 aromatic heterocycles. The highest BCUT2D eigenvalue weighted by atomic mass is 15.1. The molecule has 0 unspecified atom stereocenters. The molecule has 1 N–H and O–H groups in total. The van der Waals surface area contributed by atoms with Crippen LogP contribution in [-0.2, 0) is 6.54 Å². The number of hydrogen-bond donors (Lipinski definition) is 1. The van der Waals surface area contributed by atoms with Crippen LogP contribution in [0.4, 0.5) is 5.95 Å². The van der Waals surface area contributed by atoms with Gasteiger partial charge in [0, 0.05) is 35.9 Å². The molecule has 0 saturated carbocycles. The summed E-state index contributed by atoms with van der Waals surface area (Å²) in [7, 11) is 0. The summed E-state index contributed by atoms with van der Waals surface area (Å²) in [5.41, 5.74) is 6.84. The van der Waals surface area contributed by atoms with Crippen LogP contribution in [-0.4, -0.2) is 24.9 Å². The fourth-order valence-electron chi connectivity index (χ4n) is 2.82. The molecule has 6 heteroatoms. The van der Waals surface area contributed by atoms with Crippen molar-refractivity contribution in [2.24, 2.45) is 0 Å². The van der Waals surface area contributed by atoms with E-state index in [1.54, 1.807) is 24.8 Å². The Kier molecular flexibility index (Phi) is 5.01. The van der Waals surface area contributed by atoms with Crippen molar-refractivity contribution in [3.8, 4) is 22.4 Å². The Morgan fingerprint density at radius 3 is 2.29 bits per heavy atom. The first-order valence-corrected chi connectivity index (χ1v) is 9.05. The third-order valence-electron chi connectivity index (χ3n) is 4.37. The maximum atomic E-state index is 4.79. The summed E-state index contributed by atoms with van der Waals surface area (Å²) >= 11 is 0. The number of aryl methyl sites for hydroxylation is 2. The Labute approximate surface area is 163 Å². The zero-order valence-corrected chi connectivity index (χ0v) is 15.8. The van der Waals surface area contributed by atoms with Crippen LogP contribution in [0.25, 0.3) is 22.4 Å². The van der Waals surface area contributed by atoms with Crippen LogP contribution in [0.15, 0.2) is 67.4 Å². The molecular formula is C22H20N6. The summed E-state index contributed by atoms with van der Waals surface area (Å²) in [6.07, 6.45) is 8.91. The molecule has 138 valence electrons. The average molecular weight is 368 g/mol. The fraction of sp³-hybridized carbons (Fsp3) is 0.136. The quantitative estimate of drug-likeness (QED) is 0.568. The number of benzene rings is 1. The smallest absolute Gasteiger partial charge is 0.223 e. The zero-order valence-electron chi connectivity index (χ0n) is 15.8. The molecule has 3 heterocycles. The molecule has 0 bridgehead atoms. The van der Waals surface area contributed by atoms with Gasteiger partial charge in [-0.15, -0.1) is 0 Å². The van der Waals surface area contributed by atoms with E-state index in [0.717, 1.165) is 33.8 Å². The maximum Gasteiger partial charge on any atom is 0.223 e. The van der Waals surface area contributed by atoms with Gasteiger partial charge in [0.05, 0.1) is 29.8 Å². The van der Waals surface area contributed by atoms with Gasteiger partial charge in [-0.05, 0) is 31.5 Å². The molecule has 0 saturated heterocycles. The van der Waals surface area contributed by atoms with E-state index in [1.807, 2.05) is 25.3 Å². The first-order valence-electron chi connectivity index (χ1n) is 9.05. The molecule has 4 aromatic rings. The lowest BCUT2D eigenvalue weighted by molar-refractivity contribution is 0.963. The third kappa shape index (κ3) is 4.01. The highest BCUT2D eigenvalue weighted by molar-refractivity contribution is 5.80. The average Bonchev–Trinajstić information content (AvgIpc) is 2.74. The van der Waals surface area contributed by atoms with Crippen LogP contribution in [0.2, 0.25) is 0 Å². The molecule has 0 aliphatic heterocycles. The van der Waals surface area contributed by atoms with Gasteiger partial charge in [0.2, 0.25) is 5.95 Å². The molecular weight excluding hydrogens is 348 g/mol. The standard InChI is InChI=1S/C22H20N6/c1-15-3-5-18(6-4-15)21-20(17-7-9-23-10-8-17)14-27-22(28-21)26-13-19-12-24-16(2)11-25-19/h3-12,14H,13H2,1-2H3,(H,26,27,28). The van der Waals surface area contributed by atoms with Crippen LogP contribution in [0, 0.1) is 13.8 Å². The van der Waals surface area contributed by atoms with Crippen LogP contribution >= 0.6 is 0 Å². The summed E-state index contributed by atoms with van der Waals surface area (Å²) in [6, 6.07) is 12.3. The van der Waals surface area contributed by atoms with Gasteiger partial charge in [0.25, 0.3) is 0 Å². The Balaban J connectivity index is 1.68. The van der Waals surface area contributed by atoms with Crippen LogP contribution in [0.5, 0.6) is 0 Å². The predicted octanol–water partition coefficient (Wildman–Crippen LogP) is 4.22. The molecule has 4 rings (SSSR count). The van der Waals surface area contributed by atoms with Gasteiger partial charge in [-0.3, -0.25) is 15.0 Å². The summed E-state index contributed by atoms with van der Waals surface area (Å²) in [5, 5.41) is 3.24. The monoisotopic (exact) mass is 368 g/mol. The summed E-state index contributed by atoms with van der Waals surface area (Å²) in [5.74, 6) is 0.552. The molecule has 0 amide bonds. The van der Waals surface area contributed by atoms with E-state index in [9.17, 15) is 0 Å². The summed E-state index contributed by atoms with van der Waals surface area (Å²) in [4.78, 5) is 22.0. The lowest BCUT2D eigenvalue weighted by Gasteiger charge is -2.12. The first-order chi connectivity index (χ1) is 13.7. The first kappa shape index (κ1) is 17.7. The minimum Gasteiger partial charge on any atom is -0.348 e. The second-order valence-corrected chi connectivity index (χ2v) is 6.56. The largest absolute Gasteiger partial charge is 0.348 e. The van der Waals surface area contributed by atoms with Gasteiger partial charge in [0.15, 0.2) is 0 Å². The molecule has 6 nitrogen and oxygen atoms in total. The third-order valence-corrected chi connectivity index (χ3v) is 4.37. The van der Waals surface area contributed by atoms with E-state index in [1.165, 1.54) is 5.56 Å². The topological polar surface area (TPSA) is 76.5 Å². The van der Waals surface area contributed by atoms with Crippen molar-refractivity contribution in [1.29, 1.82) is 0 Å². The van der Waals surface area contributed by atoms with E-state index in [0.29, 0.717) is 12.5 Å². The Morgan fingerprint density at radius 1 is 0.786 bits per heavy atom. The van der Waals surface area contributed by atoms with Crippen molar-refractivity contribution >= 4 is 5.95 Å². The predicted molar refractivity (Wildman–Crippen MR) is 110 cm³/mol. The van der Waals surface area contributed by atoms with Gasteiger partial charge in [-0.1, -0.05) is 29.8 Å².